The summed E-state index contributed by atoms with van der Waals surface area (Å²) in [5.74, 6) is 1.50. The number of nitrogens with zero attached hydrogens (tertiary/aromatic N) is 5. The molecule has 20 heavy (non-hydrogen) atoms. The standard InChI is InChI=1S/C13H11ClN6/c1-15-12-17-11(9-3-5-10(14)6-4-9)18-13(19-12)20-8-2-7-16-20/h2-8H,1H3,(H,15,17,18,19). The topological polar surface area (TPSA) is 68.5 Å². The minimum atomic E-state index is 0.458. The lowest BCUT2D eigenvalue weighted by molar-refractivity contribution is 0.800. The molecule has 100 valence electrons. The molecule has 6 nitrogen and oxygen atoms in total. The lowest BCUT2D eigenvalue weighted by Gasteiger charge is -2.06. The molecule has 0 radical (unpaired) electrons. The second-order valence-electron chi connectivity index (χ2n) is 3.99. The number of benzene rings is 1. The summed E-state index contributed by atoms with van der Waals surface area (Å²) < 4.78 is 1.59. The van der Waals surface area contributed by atoms with Crippen molar-refractivity contribution in [3.05, 3.63) is 47.7 Å². The molecule has 0 spiro atoms. The van der Waals surface area contributed by atoms with Gasteiger partial charge in [0.2, 0.25) is 5.95 Å². The average Bonchev–Trinajstić information content (AvgIpc) is 3.02. The van der Waals surface area contributed by atoms with E-state index in [2.05, 4.69) is 25.4 Å². The van der Waals surface area contributed by atoms with E-state index in [0.29, 0.717) is 22.7 Å². The molecule has 2 heterocycles. The summed E-state index contributed by atoms with van der Waals surface area (Å²) in [6.45, 7) is 0. The third-order valence-corrected chi connectivity index (χ3v) is 2.91. The second-order valence-corrected chi connectivity index (χ2v) is 4.43. The maximum absolute atomic E-state index is 5.89. The van der Waals surface area contributed by atoms with Gasteiger partial charge in [0.1, 0.15) is 0 Å². The van der Waals surface area contributed by atoms with Crippen molar-refractivity contribution in [2.24, 2.45) is 0 Å². The minimum absolute atomic E-state index is 0.458. The Morgan fingerprint density at radius 1 is 1.10 bits per heavy atom. The summed E-state index contributed by atoms with van der Waals surface area (Å²) in [4.78, 5) is 13.0. The lowest BCUT2D eigenvalue weighted by atomic mass is 10.2. The molecule has 0 unspecified atom stereocenters. The van der Waals surface area contributed by atoms with Gasteiger partial charge in [-0.2, -0.15) is 20.1 Å². The molecule has 0 aliphatic rings. The fourth-order valence-electron chi connectivity index (χ4n) is 1.69. The van der Waals surface area contributed by atoms with Gasteiger partial charge in [0.25, 0.3) is 5.95 Å². The van der Waals surface area contributed by atoms with Crippen LogP contribution in [0.4, 0.5) is 5.95 Å². The predicted octanol–water partition coefficient (Wildman–Crippen LogP) is 2.42. The number of nitrogens with one attached hydrogen (secondary N) is 1. The van der Waals surface area contributed by atoms with Crippen molar-refractivity contribution in [3.8, 4) is 17.3 Å². The zero-order valence-electron chi connectivity index (χ0n) is 10.7. The van der Waals surface area contributed by atoms with Crippen LogP contribution in [0.15, 0.2) is 42.7 Å². The zero-order chi connectivity index (χ0) is 13.9. The maximum atomic E-state index is 5.89. The van der Waals surface area contributed by atoms with Crippen LogP contribution in [0.3, 0.4) is 0 Å². The van der Waals surface area contributed by atoms with Gasteiger partial charge in [-0.05, 0) is 30.3 Å². The highest BCUT2D eigenvalue weighted by Gasteiger charge is 2.09. The molecule has 0 fully saturated rings. The van der Waals surface area contributed by atoms with Gasteiger partial charge in [0.05, 0.1) is 0 Å². The van der Waals surface area contributed by atoms with Crippen molar-refractivity contribution >= 4 is 17.5 Å². The van der Waals surface area contributed by atoms with Crippen molar-refractivity contribution in [2.75, 3.05) is 12.4 Å². The highest BCUT2D eigenvalue weighted by Crippen LogP contribution is 2.19. The van der Waals surface area contributed by atoms with Crippen LogP contribution in [-0.2, 0) is 0 Å². The van der Waals surface area contributed by atoms with Crippen LogP contribution in [0.5, 0.6) is 0 Å². The Kier molecular flexibility index (Phi) is 3.30. The van der Waals surface area contributed by atoms with Crippen molar-refractivity contribution in [3.63, 3.8) is 0 Å². The van der Waals surface area contributed by atoms with Gasteiger partial charge in [-0.25, -0.2) is 4.68 Å². The number of hydrogen-bond acceptors (Lipinski definition) is 5. The van der Waals surface area contributed by atoms with E-state index < -0.39 is 0 Å². The van der Waals surface area contributed by atoms with Crippen LogP contribution in [-0.4, -0.2) is 31.8 Å². The van der Waals surface area contributed by atoms with Crippen molar-refractivity contribution in [1.29, 1.82) is 0 Å². The molecule has 0 aliphatic carbocycles. The van der Waals surface area contributed by atoms with E-state index in [4.69, 9.17) is 11.6 Å². The Morgan fingerprint density at radius 3 is 2.55 bits per heavy atom. The summed E-state index contributed by atoms with van der Waals surface area (Å²) in [6.07, 6.45) is 3.45. The third kappa shape index (κ3) is 2.46. The molecule has 1 aromatic carbocycles. The smallest absolute Gasteiger partial charge is 0.255 e. The molecule has 2 aromatic heterocycles. The molecule has 0 amide bonds. The van der Waals surface area contributed by atoms with Crippen LogP contribution >= 0.6 is 11.6 Å². The molecule has 1 N–H and O–H groups in total. The Balaban J connectivity index is 2.11. The molecule has 0 bridgehead atoms. The fourth-order valence-corrected chi connectivity index (χ4v) is 1.82. The third-order valence-electron chi connectivity index (χ3n) is 2.66. The van der Waals surface area contributed by atoms with E-state index in [0.717, 1.165) is 5.56 Å². The van der Waals surface area contributed by atoms with Crippen LogP contribution in [0.25, 0.3) is 17.3 Å². The Labute approximate surface area is 120 Å². The molecule has 3 rings (SSSR count). The first-order chi connectivity index (χ1) is 9.76. The zero-order valence-corrected chi connectivity index (χ0v) is 11.4. The Morgan fingerprint density at radius 2 is 1.90 bits per heavy atom. The highest BCUT2D eigenvalue weighted by atomic mass is 35.5. The van der Waals surface area contributed by atoms with Crippen molar-refractivity contribution in [2.45, 2.75) is 0 Å². The fraction of sp³-hybridized carbons (Fsp3) is 0.0769. The van der Waals surface area contributed by atoms with Gasteiger partial charge in [0.15, 0.2) is 5.82 Å². The Bertz CT molecular complexity index is 708. The van der Waals surface area contributed by atoms with E-state index in [-0.39, 0.29) is 0 Å². The molecular weight excluding hydrogens is 276 g/mol. The van der Waals surface area contributed by atoms with Crippen LogP contribution in [0.1, 0.15) is 0 Å². The minimum Gasteiger partial charge on any atom is -0.357 e. The number of halogens is 1. The first-order valence-corrected chi connectivity index (χ1v) is 6.34. The van der Waals surface area contributed by atoms with Crippen LogP contribution in [0, 0.1) is 0 Å². The summed E-state index contributed by atoms with van der Waals surface area (Å²) in [5, 5.41) is 7.72. The number of hydrogen-bond donors (Lipinski definition) is 1. The van der Waals surface area contributed by atoms with E-state index >= 15 is 0 Å². The number of anilines is 1. The van der Waals surface area contributed by atoms with E-state index in [1.54, 1.807) is 36.3 Å². The summed E-state index contributed by atoms with van der Waals surface area (Å²) in [5.41, 5.74) is 0.863. The van der Waals surface area contributed by atoms with E-state index in [9.17, 15) is 0 Å². The molecular formula is C13H11ClN6. The van der Waals surface area contributed by atoms with Crippen molar-refractivity contribution in [1.82, 2.24) is 24.7 Å². The van der Waals surface area contributed by atoms with Crippen LogP contribution < -0.4 is 5.32 Å². The normalized spacial score (nSPS) is 10.5. The van der Waals surface area contributed by atoms with E-state index in [1.165, 1.54) is 0 Å². The average molecular weight is 287 g/mol. The van der Waals surface area contributed by atoms with E-state index in [1.807, 2.05) is 18.2 Å². The van der Waals surface area contributed by atoms with Gasteiger partial charge in [-0.3, -0.25) is 0 Å². The second kappa shape index (κ2) is 5.26. The molecule has 3 aromatic rings. The Hall–Kier alpha value is -2.47. The maximum Gasteiger partial charge on any atom is 0.255 e. The quantitative estimate of drug-likeness (QED) is 0.801. The number of rotatable bonds is 3. The SMILES string of the molecule is CNc1nc(-c2ccc(Cl)cc2)nc(-n2cccn2)n1. The largest absolute Gasteiger partial charge is 0.357 e. The van der Waals surface area contributed by atoms with Gasteiger partial charge < -0.3 is 5.32 Å². The predicted molar refractivity (Wildman–Crippen MR) is 76.9 cm³/mol. The summed E-state index contributed by atoms with van der Waals surface area (Å²) >= 11 is 5.89. The van der Waals surface area contributed by atoms with Gasteiger partial charge >= 0.3 is 0 Å². The van der Waals surface area contributed by atoms with Gasteiger partial charge in [-0.1, -0.05) is 11.6 Å². The molecule has 7 heteroatoms. The molecule has 0 saturated carbocycles. The number of aromatic nitrogens is 5. The highest BCUT2D eigenvalue weighted by molar-refractivity contribution is 6.30. The van der Waals surface area contributed by atoms with Gasteiger partial charge in [-0.15, -0.1) is 0 Å². The molecule has 0 saturated heterocycles. The first kappa shape index (κ1) is 12.6. The van der Waals surface area contributed by atoms with Crippen LogP contribution in [0.2, 0.25) is 5.02 Å². The molecule has 0 atom stereocenters. The monoisotopic (exact) mass is 286 g/mol. The first-order valence-electron chi connectivity index (χ1n) is 5.96. The lowest BCUT2D eigenvalue weighted by Crippen LogP contribution is -2.08. The van der Waals surface area contributed by atoms with Gasteiger partial charge in [0, 0.05) is 30.0 Å². The summed E-state index contributed by atoms with van der Waals surface area (Å²) in [7, 11) is 1.76. The summed E-state index contributed by atoms with van der Waals surface area (Å²) in [6, 6.07) is 9.14. The molecule has 0 aliphatic heterocycles. The van der Waals surface area contributed by atoms with Crippen molar-refractivity contribution < 1.29 is 0 Å².